The van der Waals surface area contributed by atoms with Gasteiger partial charge in [0, 0.05) is 31.5 Å². The summed E-state index contributed by atoms with van der Waals surface area (Å²) < 4.78 is 0. The quantitative estimate of drug-likeness (QED) is 0.295. The van der Waals surface area contributed by atoms with Crippen LogP contribution in [-0.2, 0) is 0 Å². The highest BCUT2D eigenvalue weighted by atomic mass is 16.6. The van der Waals surface area contributed by atoms with Crippen LogP contribution in [0, 0.1) is 17.0 Å². The molecule has 0 bridgehead atoms. The van der Waals surface area contributed by atoms with E-state index in [0.29, 0.717) is 0 Å². The number of benzene rings is 2. The molecule has 3 rings (SSSR count). The number of anilines is 4. The summed E-state index contributed by atoms with van der Waals surface area (Å²) in [7, 11) is 1.73. The lowest BCUT2D eigenvalue weighted by molar-refractivity contribution is -0.385. The van der Waals surface area contributed by atoms with Crippen molar-refractivity contribution in [1.29, 1.82) is 0 Å². The molecule has 0 amide bonds. The smallest absolute Gasteiger partial charge is 0.333 e. The van der Waals surface area contributed by atoms with Gasteiger partial charge in [-0.05, 0) is 50.6 Å². The van der Waals surface area contributed by atoms with E-state index in [1.807, 2.05) is 54.6 Å². The maximum Gasteiger partial charge on any atom is 0.333 e. The monoisotopic (exact) mass is 433 g/mol. The van der Waals surface area contributed by atoms with Crippen LogP contribution >= 0.6 is 0 Å². The number of hydrogen-bond acceptors (Lipinski definition) is 8. The van der Waals surface area contributed by atoms with Gasteiger partial charge in [0.15, 0.2) is 0 Å². The molecule has 0 fully saturated rings. The van der Waals surface area contributed by atoms with Gasteiger partial charge < -0.3 is 9.80 Å². The van der Waals surface area contributed by atoms with Gasteiger partial charge in [0.05, 0.1) is 11.1 Å². The molecule has 0 aliphatic heterocycles. The Morgan fingerprint density at radius 3 is 2.28 bits per heavy atom. The second-order valence-corrected chi connectivity index (χ2v) is 7.09. The fourth-order valence-corrected chi connectivity index (χ4v) is 3.35. The molecule has 166 valence electrons. The van der Waals surface area contributed by atoms with E-state index in [2.05, 4.69) is 39.2 Å². The van der Waals surface area contributed by atoms with E-state index in [1.165, 1.54) is 0 Å². The normalized spacial score (nSPS) is 10.9. The second kappa shape index (κ2) is 10.3. The Morgan fingerprint density at radius 2 is 1.69 bits per heavy atom. The number of hydrazone groups is 1. The molecule has 0 saturated carbocycles. The lowest BCUT2D eigenvalue weighted by Gasteiger charge is -2.20. The number of nitrogens with one attached hydrogen (secondary N) is 1. The summed E-state index contributed by atoms with van der Waals surface area (Å²) in [6.45, 7) is 7.73. The number of rotatable bonds is 9. The van der Waals surface area contributed by atoms with E-state index < -0.39 is 4.92 Å². The van der Waals surface area contributed by atoms with Crippen molar-refractivity contribution in [3.63, 3.8) is 0 Å². The number of nitro groups is 1. The van der Waals surface area contributed by atoms with Crippen molar-refractivity contribution >= 4 is 35.0 Å². The third kappa shape index (κ3) is 5.18. The zero-order valence-electron chi connectivity index (χ0n) is 18.7. The fraction of sp³-hybridized carbons (Fsp3) is 0.261. The SMILES string of the molecule is CCN(CC)c1ccc(C=NNc2nc(C)c([N+](=O)[O-])c(N(C)c3ccccc3)n2)cc1. The molecule has 2 aromatic carbocycles. The molecule has 0 aliphatic carbocycles. The van der Waals surface area contributed by atoms with Crippen LogP contribution in [0.2, 0.25) is 0 Å². The minimum atomic E-state index is -0.464. The molecule has 0 spiro atoms. The first-order chi connectivity index (χ1) is 15.4. The van der Waals surface area contributed by atoms with Crippen molar-refractivity contribution in [3.05, 3.63) is 76.0 Å². The Morgan fingerprint density at radius 1 is 1.03 bits per heavy atom. The topological polar surface area (TPSA) is 99.8 Å². The van der Waals surface area contributed by atoms with Gasteiger partial charge in [0.1, 0.15) is 5.69 Å². The Hall–Kier alpha value is -4.01. The molecular formula is C23H27N7O2. The fourth-order valence-electron chi connectivity index (χ4n) is 3.35. The van der Waals surface area contributed by atoms with Crippen molar-refractivity contribution in [1.82, 2.24) is 9.97 Å². The number of para-hydroxylation sites is 1. The van der Waals surface area contributed by atoms with Crippen LogP contribution in [0.15, 0.2) is 59.7 Å². The highest BCUT2D eigenvalue weighted by Crippen LogP contribution is 2.33. The third-order valence-corrected chi connectivity index (χ3v) is 5.08. The van der Waals surface area contributed by atoms with Gasteiger partial charge in [-0.2, -0.15) is 10.1 Å². The number of nitrogens with zero attached hydrogens (tertiary/aromatic N) is 6. The van der Waals surface area contributed by atoms with Crippen LogP contribution in [0.3, 0.4) is 0 Å². The first kappa shape index (κ1) is 22.7. The highest BCUT2D eigenvalue weighted by molar-refractivity contribution is 5.81. The maximum absolute atomic E-state index is 11.7. The van der Waals surface area contributed by atoms with E-state index in [0.717, 1.165) is 30.0 Å². The molecule has 3 aromatic rings. The largest absolute Gasteiger partial charge is 0.372 e. The van der Waals surface area contributed by atoms with Crippen LogP contribution in [0.5, 0.6) is 0 Å². The lowest BCUT2D eigenvalue weighted by atomic mass is 10.2. The van der Waals surface area contributed by atoms with Gasteiger partial charge in [0.25, 0.3) is 0 Å². The number of hydrogen-bond donors (Lipinski definition) is 1. The van der Waals surface area contributed by atoms with Crippen molar-refractivity contribution in [2.45, 2.75) is 20.8 Å². The first-order valence-electron chi connectivity index (χ1n) is 10.4. The van der Waals surface area contributed by atoms with Crippen LogP contribution < -0.4 is 15.2 Å². The van der Waals surface area contributed by atoms with E-state index in [1.54, 1.807) is 25.1 Å². The Balaban J connectivity index is 1.83. The van der Waals surface area contributed by atoms with Gasteiger partial charge in [-0.15, -0.1) is 0 Å². The van der Waals surface area contributed by atoms with Crippen LogP contribution in [0.25, 0.3) is 0 Å². The van der Waals surface area contributed by atoms with Crippen LogP contribution in [0.4, 0.5) is 28.8 Å². The van der Waals surface area contributed by atoms with E-state index >= 15 is 0 Å². The summed E-state index contributed by atoms with van der Waals surface area (Å²) in [5, 5.41) is 15.9. The Labute approximate surface area is 187 Å². The summed E-state index contributed by atoms with van der Waals surface area (Å²) in [4.78, 5) is 23.7. The zero-order chi connectivity index (χ0) is 23.1. The van der Waals surface area contributed by atoms with Crippen LogP contribution in [-0.4, -0.2) is 41.2 Å². The molecular weight excluding hydrogens is 406 g/mol. The van der Waals surface area contributed by atoms with Gasteiger partial charge in [-0.25, -0.2) is 10.4 Å². The van der Waals surface area contributed by atoms with Crippen LogP contribution in [0.1, 0.15) is 25.1 Å². The van der Waals surface area contributed by atoms with E-state index in [-0.39, 0.29) is 23.1 Å². The molecule has 9 nitrogen and oxygen atoms in total. The lowest BCUT2D eigenvalue weighted by Crippen LogP contribution is -2.21. The van der Waals surface area contributed by atoms with Gasteiger partial charge >= 0.3 is 5.69 Å². The standard InChI is InChI=1S/C23H27N7O2/c1-5-29(6-2)20-14-12-18(13-15-20)16-24-27-23-25-17(3)21(30(31)32)22(26-23)28(4)19-10-8-7-9-11-19/h7-16H,5-6H2,1-4H3,(H,25,26,27). The molecule has 1 heterocycles. The minimum Gasteiger partial charge on any atom is -0.372 e. The van der Waals surface area contributed by atoms with Gasteiger partial charge in [-0.1, -0.05) is 30.3 Å². The molecule has 0 aliphatic rings. The Kier molecular flexibility index (Phi) is 7.33. The molecule has 32 heavy (non-hydrogen) atoms. The molecule has 0 atom stereocenters. The van der Waals surface area contributed by atoms with E-state index in [4.69, 9.17) is 0 Å². The molecule has 0 unspecified atom stereocenters. The second-order valence-electron chi connectivity index (χ2n) is 7.09. The van der Waals surface area contributed by atoms with Crippen molar-refractivity contribution < 1.29 is 4.92 Å². The summed E-state index contributed by atoms with van der Waals surface area (Å²) in [5.41, 5.74) is 5.75. The molecule has 9 heteroatoms. The predicted octanol–water partition coefficient (Wildman–Crippen LogP) is 4.75. The van der Waals surface area contributed by atoms with Crippen molar-refractivity contribution in [2.24, 2.45) is 5.10 Å². The molecule has 1 aromatic heterocycles. The van der Waals surface area contributed by atoms with Gasteiger partial charge in [0.2, 0.25) is 11.8 Å². The van der Waals surface area contributed by atoms with E-state index in [9.17, 15) is 10.1 Å². The zero-order valence-corrected chi connectivity index (χ0v) is 18.7. The molecule has 0 saturated heterocycles. The van der Waals surface area contributed by atoms with Crippen molar-refractivity contribution in [2.75, 3.05) is 35.4 Å². The summed E-state index contributed by atoms with van der Waals surface area (Å²) in [5.74, 6) is 0.372. The summed E-state index contributed by atoms with van der Waals surface area (Å²) in [6.07, 6.45) is 1.66. The third-order valence-electron chi connectivity index (χ3n) is 5.08. The number of aryl methyl sites for hydroxylation is 1. The predicted molar refractivity (Wildman–Crippen MR) is 129 cm³/mol. The summed E-state index contributed by atoms with van der Waals surface area (Å²) >= 11 is 0. The minimum absolute atomic E-state index is 0.141. The average Bonchev–Trinajstić information content (AvgIpc) is 2.80. The van der Waals surface area contributed by atoms with Gasteiger partial charge in [-0.3, -0.25) is 10.1 Å². The first-order valence-corrected chi connectivity index (χ1v) is 10.4. The highest BCUT2D eigenvalue weighted by Gasteiger charge is 2.25. The molecule has 0 radical (unpaired) electrons. The number of aromatic nitrogens is 2. The van der Waals surface area contributed by atoms with Crippen molar-refractivity contribution in [3.8, 4) is 0 Å². The average molecular weight is 434 g/mol. The Bertz CT molecular complexity index is 1080. The summed E-state index contributed by atoms with van der Waals surface area (Å²) in [6, 6.07) is 17.4. The molecule has 1 N–H and O–H groups in total. The maximum atomic E-state index is 11.7.